The van der Waals surface area contributed by atoms with Crippen LogP contribution < -0.4 is 10.1 Å². The van der Waals surface area contributed by atoms with Crippen LogP contribution in [0.2, 0.25) is 0 Å². The number of rotatable bonds is 9. The number of carbonyl (C=O) groups is 1. The molecule has 1 N–H and O–H groups in total. The van der Waals surface area contributed by atoms with Crippen LogP contribution in [0.4, 0.5) is 0 Å². The molecule has 2 rings (SSSR count). The molecule has 0 spiro atoms. The Kier molecular flexibility index (Phi) is 8.53. The van der Waals surface area contributed by atoms with E-state index in [2.05, 4.69) is 24.1 Å². The Labute approximate surface area is 152 Å². The summed E-state index contributed by atoms with van der Waals surface area (Å²) in [4.78, 5) is 14.5. The minimum atomic E-state index is -0.00478. The maximum Gasteiger partial charge on any atom is 0.244 e. The number of ether oxygens (including phenoxy) is 1. The summed E-state index contributed by atoms with van der Waals surface area (Å²) < 4.78 is 5.70. The maximum absolute atomic E-state index is 12.1. The van der Waals surface area contributed by atoms with E-state index in [9.17, 15) is 4.79 Å². The van der Waals surface area contributed by atoms with E-state index in [1.165, 1.54) is 12.8 Å². The maximum atomic E-state index is 12.1. The van der Waals surface area contributed by atoms with Crippen molar-refractivity contribution >= 4 is 12.0 Å². The van der Waals surface area contributed by atoms with E-state index < -0.39 is 0 Å². The Bertz CT molecular complexity index is 531. The van der Waals surface area contributed by atoms with Gasteiger partial charge in [0.25, 0.3) is 0 Å². The Morgan fingerprint density at radius 2 is 1.92 bits per heavy atom. The average Bonchev–Trinajstić information content (AvgIpc) is 2.65. The van der Waals surface area contributed by atoms with Crippen LogP contribution in [-0.2, 0) is 4.79 Å². The quantitative estimate of drug-likeness (QED) is 0.546. The summed E-state index contributed by atoms with van der Waals surface area (Å²) in [5.74, 6) is 0.884. The van der Waals surface area contributed by atoms with E-state index in [0.717, 1.165) is 56.8 Å². The predicted octanol–water partition coefficient (Wildman–Crippen LogP) is 3.87. The fraction of sp³-hybridized carbons (Fsp3) is 0.571. The zero-order chi connectivity index (χ0) is 17.9. The van der Waals surface area contributed by atoms with Crippen molar-refractivity contribution in [1.82, 2.24) is 10.2 Å². The third-order valence-electron chi connectivity index (χ3n) is 4.71. The normalized spacial score (nSPS) is 16.2. The molecule has 0 saturated carbocycles. The fourth-order valence-electron chi connectivity index (χ4n) is 3.03. The van der Waals surface area contributed by atoms with Crippen LogP contribution in [0.5, 0.6) is 5.75 Å². The summed E-state index contributed by atoms with van der Waals surface area (Å²) in [5.41, 5.74) is 1.01. The Morgan fingerprint density at radius 1 is 1.20 bits per heavy atom. The highest BCUT2D eigenvalue weighted by atomic mass is 16.5. The summed E-state index contributed by atoms with van der Waals surface area (Å²) >= 11 is 0. The van der Waals surface area contributed by atoms with Crippen molar-refractivity contribution in [2.75, 3.05) is 26.2 Å². The Hall–Kier alpha value is -1.81. The summed E-state index contributed by atoms with van der Waals surface area (Å²) in [5, 5.41) is 3.11. The lowest BCUT2D eigenvalue weighted by Gasteiger charge is -2.31. The summed E-state index contributed by atoms with van der Waals surface area (Å²) in [6.07, 6.45) is 9.06. The van der Waals surface area contributed by atoms with Gasteiger partial charge in [-0.3, -0.25) is 4.79 Å². The van der Waals surface area contributed by atoms with E-state index in [-0.39, 0.29) is 5.91 Å². The number of hydrogen-bond acceptors (Lipinski definition) is 3. The van der Waals surface area contributed by atoms with Crippen LogP contribution >= 0.6 is 0 Å². The molecule has 1 saturated heterocycles. The molecule has 1 fully saturated rings. The van der Waals surface area contributed by atoms with Crippen molar-refractivity contribution < 1.29 is 9.53 Å². The molecule has 4 nitrogen and oxygen atoms in total. The Balaban J connectivity index is 1.72. The standard InChI is InChI=1S/C21H32N2O2/c1-3-5-6-17-25-20-10-7-18(8-11-20)9-12-21(24)22-19-13-15-23(4-2)16-14-19/h7-12,19H,3-6,13-17H2,1-2H3,(H,22,24). The van der Waals surface area contributed by atoms with Gasteiger partial charge in [0.05, 0.1) is 6.61 Å². The third kappa shape index (κ3) is 7.30. The Morgan fingerprint density at radius 3 is 2.56 bits per heavy atom. The van der Waals surface area contributed by atoms with Crippen molar-refractivity contribution in [3.05, 3.63) is 35.9 Å². The lowest BCUT2D eigenvalue weighted by atomic mass is 10.1. The van der Waals surface area contributed by atoms with Crippen molar-refractivity contribution in [3.8, 4) is 5.75 Å². The lowest BCUT2D eigenvalue weighted by Crippen LogP contribution is -2.44. The van der Waals surface area contributed by atoms with E-state index >= 15 is 0 Å². The van der Waals surface area contributed by atoms with E-state index in [0.29, 0.717) is 6.04 Å². The zero-order valence-electron chi connectivity index (χ0n) is 15.7. The van der Waals surface area contributed by atoms with Crippen LogP contribution in [-0.4, -0.2) is 43.1 Å². The number of nitrogens with zero attached hydrogens (tertiary/aromatic N) is 1. The molecule has 1 aromatic carbocycles. The van der Waals surface area contributed by atoms with Gasteiger partial charge in [-0.1, -0.05) is 38.8 Å². The number of unbranched alkanes of at least 4 members (excludes halogenated alkanes) is 2. The van der Waals surface area contributed by atoms with Crippen LogP contribution in [0.15, 0.2) is 30.3 Å². The molecule has 0 atom stereocenters. The molecule has 1 aliphatic heterocycles. The first-order valence-electron chi connectivity index (χ1n) is 9.65. The molecule has 0 bridgehead atoms. The first kappa shape index (κ1) is 19.5. The second kappa shape index (κ2) is 10.9. The van der Waals surface area contributed by atoms with Gasteiger partial charge in [0.2, 0.25) is 5.91 Å². The SMILES string of the molecule is CCCCCOc1ccc(C=CC(=O)NC2CCN(CC)CC2)cc1. The average molecular weight is 344 g/mol. The van der Waals surface area contributed by atoms with Gasteiger partial charge >= 0.3 is 0 Å². The number of amides is 1. The number of carbonyl (C=O) groups excluding carboxylic acids is 1. The molecule has 138 valence electrons. The van der Waals surface area contributed by atoms with Gasteiger partial charge in [0.1, 0.15) is 5.75 Å². The van der Waals surface area contributed by atoms with Crippen LogP contribution in [0.1, 0.15) is 51.5 Å². The molecule has 4 heteroatoms. The number of piperidine rings is 1. The zero-order valence-corrected chi connectivity index (χ0v) is 15.7. The highest BCUT2D eigenvalue weighted by Gasteiger charge is 2.18. The molecule has 1 heterocycles. The first-order valence-corrected chi connectivity index (χ1v) is 9.65. The van der Waals surface area contributed by atoms with Gasteiger partial charge in [0.15, 0.2) is 0 Å². The molecular weight excluding hydrogens is 312 g/mol. The number of hydrogen-bond donors (Lipinski definition) is 1. The van der Waals surface area contributed by atoms with Gasteiger partial charge in [-0.2, -0.15) is 0 Å². The van der Waals surface area contributed by atoms with Gasteiger partial charge in [-0.05, 0) is 49.6 Å². The van der Waals surface area contributed by atoms with Gasteiger partial charge < -0.3 is 15.0 Å². The van der Waals surface area contributed by atoms with Gasteiger partial charge in [0, 0.05) is 25.2 Å². The second-order valence-corrected chi connectivity index (χ2v) is 6.68. The highest BCUT2D eigenvalue weighted by Crippen LogP contribution is 2.14. The van der Waals surface area contributed by atoms with Crippen molar-refractivity contribution in [2.45, 2.75) is 52.0 Å². The van der Waals surface area contributed by atoms with Crippen molar-refractivity contribution in [1.29, 1.82) is 0 Å². The first-order chi connectivity index (χ1) is 12.2. The predicted molar refractivity (Wildman–Crippen MR) is 104 cm³/mol. The molecule has 1 aliphatic rings. The van der Waals surface area contributed by atoms with Crippen LogP contribution in [0, 0.1) is 0 Å². The topological polar surface area (TPSA) is 41.6 Å². The van der Waals surface area contributed by atoms with E-state index in [4.69, 9.17) is 4.74 Å². The highest BCUT2D eigenvalue weighted by molar-refractivity contribution is 5.91. The van der Waals surface area contributed by atoms with Crippen LogP contribution in [0.3, 0.4) is 0 Å². The lowest BCUT2D eigenvalue weighted by molar-refractivity contribution is -0.117. The number of benzene rings is 1. The van der Waals surface area contributed by atoms with E-state index in [1.807, 2.05) is 30.3 Å². The summed E-state index contributed by atoms with van der Waals surface area (Å²) in [6.45, 7) is 8.38. The van der Waals surface area contributed by atoms with Crippen molar-refractivity contribution in [3.63, 3.8) is 0 Å². The van der Waals surface area contributed by atoms with Crippen LogP contribution in [0.25, 0.3) is 6.08 Å². The third-order valence-corrected chi connectivity index (χ3v) is 4.71. The fourth-order valence-corrected chi connectivity index (χ4v) is 3.03. The molecule has 25 heavy (non-hydrogen) atoms. The molecule has 1 aromatic rings. The molecule has 0 radical (unpaired) electrons. The van der Waals surface area contributed by atoms with Gasteiger partial charge in [-0.15, -0.1) is 0 Å². The molecule has 0 aromatic heterocycles. The molecule has 0 aliphatic carbocycles. The number of nitrogens with one attached hydrogen (secondary N) is 1. The smallest absolute Gasteiger partial charge is 0.244 e. The summed E-state index contributed by atoms with van der Waals surface area (Å²) in [7, 11) is 0. The number of likely N-dealkylation sites (tertiary alicyclic amines) is 1. The molecular formula is C21H32N2O2. The largest absolute Gasteiger partial charge is 0.494 e. The summed E-state index contributed by atoms with van der Waals surface area (Å²) in [6, 6.07) is 8.20. The van der Waals surface area contributed by atoms with E-state index in [1.54, 1.807) is 6.08 Å². The molecule has 1 amide bonds. The second-order valence-electron chi connectivity index (χ2n) is 6.68. The van der Waals surface area contributed by atoms with Gasteiger partial charge in [-0.25, -0.2) is 0 Å². The minimum Gasteiger partial charge on any atom is -0.494 e. The minimum absolute atomic E-state index is 0.00478. The molecule has 0 unspecified atom stereocenters. The monoisotopic (exact) mass is 344 g/mol. The van der Waals surface area contributed by atoms with Crippen molar-refractivity contribution in [2.24, 2.45) is 0 Å².